The minimum absolute atomic E-state index is 0. The normalized spacial score (nSPS) is 17.2. The van der Waals surface area contributed by atoms with Crippen molar-refractivity contribution < 1.29 is 32.7 Å². The molecular formula is C42H47IrN3OSi-2. The van der Waals surface area contributed by atoms with Gasteiger partial charge in [0.2, 0.25) is 5.71 Å². The van der Waals surface area contributed by atoms with Gasteiger partial charge in [0.05, 0.1) is 13.7 Å². The van der Waals surface area contributed by atoms with Crippen LogP contribution >= 0.6 is 0 Å². The van der Waals surface area contributed by atoms with Gasteiger partial charge in [-0.2, -0.15) is 0 Å². The van der Waals surface area contributed by atoms with Gasteiger partial charge in [-0.25, -0.2) is 4.98 Å². The molecular weight excluding hydrogens is 783 g/mol. The van der Waals surface area contributed by atoms with Gasteiger partial charge >= 0.3 is 0 Å². The first-order valence-electron chi connectivity index (χ1n) is 19.6. The van der Waals surface area contributed by atoms with Crippen molar-refractivity contribution in [3.63, 3.8) is 0 Å². The zero-order chi connectivity index (χ0) is 38.3. The van der Waals surface area contributed by atoms with Crippen LogP contribution < -0.4 is 5.19 Å². The molecule has 6 aromatic rings. The second kappa shape index (κ2) is 15.4. The van der Waals surface area contributed by atoms with E-state index < -0.39 is 27.2 Å². The van der Waals surface area contributed by atoms with Crippen LogP contribution in [0.4, 0.5) is 0 Å². The Bertz CT molecular complexity index is 2230. The van der Waals surface area contributed by atoms with Crippen molar-refractivity contribution in [2.75, 3.05) is 0 Å². The maximum Gasteiger partial charge on any atom is 0.216 e. The van der Waals surface area contributed by atoms with Crippen LogP contribution in [0.15, 0.2) is 83.5 Å². The van der Waals surface area contributed by atoms with Crippen molar-refractivity contribution in [2.45, 2.75) is 85.2 Å². The molecule has 0 spiro atoms. The zero-order valence-corrected chi connectivity index (χ0v) is 32.0. The molecule has 0 amide bonds. The number of aromatic nitrogens is 3. The summed E-state index contributed by atoms with van der Waals surface area (Å²) in [5, 5.41) is 2.72. The largest absolute Gasteiger partial charge is 0.486 e. The standard InChI is InChI=1S/C22H21N2O.C20H26NSi.Ir/c1-13(2)15(4)16-10-11-23-20(12-16)19-7-5-6-17-18-9-8-14(3)24-22(18)25-21(17)19;1-22(2,3)20-15-21-19(17-11-5-4-6-12-17)14-18(20)13-16-9-7-8-10-16;/h5-6,8-13,15H,1-4H3;4-6,11,14-16H,7-10,13H2,1-3H3;/q2*-1;/i3D3,15D;13D2;. The van der Waals surface area contributed by atoms with Gasteiger partial charge in [-0.05, 0) is 65.7 Å². The maximum absolute atomic E-state index is 8.90. The summed E-state index contributed by atoms with van der Waals surface area (Å²) in [5.41, 5.74) is 5.64. The summed E-state index contributed by atoms with van der Waals surface area (Å²) in [4.78, 5) is 13.3. The Labute approximate surface area is 309 Å². The van der Waals surface area contributed by atoms with Gasteiger partial charge in [-0.3, -0.25) is 0 Å². The molecule has 7 rings (SSSR count). The van der Waals surface area contributed by atoms with Crippen LogP contribution in [0, 0.1) is 30.8 Å². The van der Waals surface area contributed by atoms with Gasteiger partial charge in [-0.15, -0.1) is 54.1 Å². The fourth-order valence-corrected chi connectivity index (χ4v) is 7.53. The van der Waals surface area contributed by atoms with E-state index in [2.05, 4.69) is 46.7 Å². The third-order valence-electron chi connectivity index (χ3n) is 9.05. The van der Waals surface area contributed by atoms with E-state index in [0.29, 0.717) is 16.8 Å². The van der Waals surface area contributed by atoms with Gasteiger partial charge in [0.25, 0.3) is 0 Å². The average molecular weight is 836 g/mol. The molecule has 251 valence electrons. The Morgan fingerprint density at radius 3 is 2.48 bits per heavy atom. The van der Waals surface area contributed by atoms with Crippen molar-refractivity contribution >= 4 is 35.3 Å². The summed E-state index contributed by atoms with van der Waals surface area (Å²) in [6.07, 6.45) is 6.64. The minimum Gasteiger partial charge on any atom is -0.486 e. The summed E-state index contributed by atoms with van der Waals surface area (Å²) in [6, 6.07) is 26.8. The molecule has 1 unspecified atom stereocenters. The van der Waals surface area contributed by atoms with Crippen molar-refractivity contribution in [1.82, 2.24) is 15.0 Å². The van der Waals surface area contributed by atoms with E-state index in [-0.39, 0.29) is 43.3 Å². The fraction of sp³-hybridized carbons (Fsp3) is 0.357. The van der Waals surface area contributed by atoms with Crippen LogP contribution in [0.1, 0.15) is 77.4 Å². The van der Waals surface area contributed by atoms with E-state index in [9.17, 15) is 0 Å². The Hall–Kier alpha value is -3.44. The second-order valence-corrected chi connectivity index (χ2v) is 18.8. The SMILES string of the molecule is [2H]C([2H])([2H])c1ccc2c(n1)oc1c(-c3cc(C([2H])(C)C(C)C)ccn3)[c-]ccc12.[2H]C([2H])(c1cc(-c2[c-]cccc2)ncc1[Si](C)(C)C)C1CCCC1.[Ir]. The molecule has 0 bridgehead atoms. The smallest absolute Gasteiger partial charge is 0.216 e. The number of aryl methyl sites for hydroxylation is 1. The molecule has 1 saturated carbocycles. The summed E-state index contributed by atoms with van der Waals surface area (Å²) < 4.78 is 55.2. The van der Waals surface area contributed by atoms with E-state index >= 15 is 0 Å². The molecule has 4 nitrogen and oxygen atoms in total. The Kier molecular flexibility index (Phi) is 9.12. The third kappa shape index (κ3) is 8.05. The number of hydrogen-bond donors (Lipinski definition) is 0. The van der Waals surface area contributed by atoms with E-state index in [4.69, 9.17) is 12.6 Å². The fourth-order valence-electron chi connectivity index (χ4n) is 6.12. The molecule has 1 radical (unpaired) electrons. The first kappa shape index (κ1) is 28.4. The first-order chi connectivity index (χ1) is 24.9. The molecule has 0 saturated heterocycles. The van der Waals surface area contributed by atoms with Crippen LogP contribution in [0.5, 0.6) is 0 Å². The van der Waals surface area contributed by atoms with Crippen molar-refractivity contribution in [3.8, 4) is 22.5 Å². The van der Waals surface area contributed by atoms with Crippen LogP contribution in [0.25, 0.3) is 44.6 Å². The summed E-state index contributed by atoms with van der Waals surface area (Å²) in [5.74, 6) is -0.496. The van der Waals surface area contributed by atoms with Crippen LogP contribution in [0.2, 0.25) is 19.6 Å². The maximum atomic E-state index is 8.90. The summed E-state index contributed by atoms with van der Waals surface area (Å²) >= 11 is 0. The predicted molar refractivity (Wildman–Crippen MR) is 199 cm³/mol. The van der Waals surface area contributed by atoms with Gasteiger partial charge in [-0.1, -0.05) is 100 Å². The minimum atomic E-state index is -2.30. The third-order valence-corrected chi connectivity index (χ3v) is 11.1. The van der Waals surface area contributed by atoms with Crippen molar-refractivity contribution in [3.05, 3.63) is 108 Å². The van der Waals surface area contributed by atoms with Crippen molar-refractivity contribution in [2.24, 2.45) is 11.8 Å². The van der Waals surface area contributed by atoms with Gasteiger partial charge in [0.1, 0.15) is 0 Å². The van der Waals surface area contributed by atoms with Gasteiger partial charge < -0.3 is 14.4 Å². The van der Waals surface area contributed by atoms with Crippen LogP contribution in [-0.4, -0.2) is 23.0 Å². The number of furan rings is 1. The molecule has 1 aliphatic carbocycles. The quantitative estimate of drug-likeness (QED) is 0.119. The van der Waals surface area contributed by atoms with Crippen molar-refractivity contribution in [1.29, 1.82) is 0 Å². The van der Waals surface area contributed by atoms with E-state index in [1.54, 1.807) is 18.3 Å². The topological polar surface area (TPSA) is 51.8 Å². The molecule has 0 N–H and O–H groups in total. The predicted octanol–water partition coefficient (Wildman–Crippen LogP) is 10.7. The Morgan fingerprint density at radius 1 is 0.958 bits per heavy atom. The number of benzene rings is 2. The van der Waals surface area contributed by atoms with E-state index in [1.807, 2.05) is 75.5 Å². The Balaban J connectivity index is 0.000000208. The molecule has 0 aliphatic heterocycles. The number of fused-ring (bicyclic) bond motifs is 3. The molecule has 6 heteroatoms. The molecule has 1 aliphatic rings. The van der Waals surface area contributed by atoms with Gasteiger partial charge in [0.15, 0.2) is 0 Å². The number of hydrogen-bond acceptors (Lipinski definition) is 4. The first-order valence-corrected chi connectivity index (χ1v) is 20.1. The molecule has 2 aromatic carbocycles. The van der Waals surface area contributed by atoms with Crippen LogP contribution in [0.3, 0.4) is 0 Å². The monoisotopic (exact) mass is 836 g/mol. The van der Waals surface area contributed by atoms with E-state index in [0.717, 1.165) is 64.0 Å². The molecule has 4 heterocycles. The number of pyridine rings is 3. The van der Waals surface area contributed by atoms with Gasteiger partial charge in [0, 0.05) is 51.8 Å². The van der Waals surface area contributed by atoms with E-state index in [1.165, 1.54) is 6.07 Å². The second-order valence-electron chi connectivity index (χ2n) is 13.8. The summed E-state index contributed by atoms with van der Waals surface area (Å²) in [6.45, 7) is 10.4. The zero-order valence-electron chi connectivity index (χ0n) is 34.6. The molecule has 4 aromatic heterocycles. The van der Waals surface area contributed by atoms with Crippen LogP contribution in [-0.2, 0) is 26.5 Å². The molecule has 1 fully saturated rings. The number of rotatable bonds is 7. The Morgan fingerprint density at radius 2 is 1.77 bits per heavy atom. The summed E-state index contributed by atoms with van der Waals surface area (Å²) in [7, 11) is -1.68. The molecule has 48 heavy (non-hydrogen) atoms. The number of nitrogens with zero attached hydrogens (tertiary/aromatic N) is 3. The average Bonchev–Trinajstić information content (AvgIpc) is 3.80. The molecule has 1 atom stereocenters.